The molecule has 0 bridgehead atoms. The summed E-state index contributed by atoms with van der Waals surface area (Å²) in [6.45, 7) is 5.97. The summed E-state index contributed by atoms with van der Waals surface area (Å²) in [7, 11) is 1.65. The minimum Gasteiger partial charge on any atom is -0.496 e. The van der Waals surface area contributed by atoms with Crippen molar-refractivity contribution in [3.05, 3.63) is 63.2 Å². The molecule has 0 saturated carbocycles. The zero-order valence-electron chi connectivity index (χ0n) is 16.7. The zero-order chi connectivity index (χ0) is 21.4. The van der Waals surface area contributed by atoms with Crippen LogP contribution in [0.25, 0.3) is 0 Å². The van der Waals surface area contributed by atoms with Crippen molar-refractivity contribution in [1.82, 2.24) is 4.90 Å². The maximum atomic E-state index is 13.2. The molecule has 1 saturated heterocycles. The van der Waals surface area contributed by atoms with E-state index in [2.05, 4.69) is 11.8 Å². The average Bonchev–Trinajstić information content (AvgIpc) is 2.67. The van der Waals surface area contributed by atoms with Gasteiger partial charge >= 0.3 is 6.18 Å². The Bertz CT molecular complexity index is 890. The molecule has 0 atom stereocenters. The summed E-state index contributed by atoms with van der Waals surface area (Å²) in [5, 5.41) is 10.7. The quantitative estimate of drug-likeness (QED) is 0.702. The standard InChI is InChI=1S/C22H25ClF3NO2/c1-14-15(2)20(29-3)7-4-16(14)13-27-10-8-21(28,9-11-27)17-5-6-19(23)18(12-17)22(24,25)26/h4-7,12,28H,8-11,13H2,1-3H3. The molecule has 158 valence electrons. The lowest BCUT2D eigenvalue weighted by atomic mass is 9.83. The smallest absolute Gasteiger partial charge is 0.417 e. The van der Waals surface area contributed by atoms with E-state index in [0.29, 0.717) is 25.9 Å². The first-order valence-electron chi connectivity index (χ1n) is 9.50. The van der Waals surface area contributed by atoms with E-state index in [1.165, 1.54) is 17.7 Å². The van der Waals surface area contributed by atoms with Crippen LogP contribution in [-0.4, -0.2) is 30.2 Å². The minimum atomic E-state index is -4.55. The molecule has 0 unspecified atom stereocenters. The molecule has 0 aliphatic carbocycles. The zero-order valence-corrected chi connectivity index (χ0v) is 17.5. The van der Waals surface area contributed by atoms with Crippen LogP contribution in [0.3, 0.4) is 0 Å². The summed E-state index contributed by atoms with van der Waals surface area (Å²) in [4.78, 5) is 2.21. The first-order valence-corrected chi connectivity index (χ1v) is 9.88. The van der Waals surface area contributed by atoms with Crippen molar-refractivity contribution in [1.29, 1.82) is 0 Å². The first kappa shape index (κ1) is 21.9. The predicted octanol–water partition coefficient (Wildman–Crippen LogP) is 5.47. The summed E-state index contributed by atoms with van der Waals surface area (Å²) in [6, 6.07) is 7.67. The minimum absolute atomic E-state index is 0.269. The highest BCUT2D eigenvalue weighted by Crippen LogP contribution is 2.40. The van der Waals surface area contributed by atoms with Crippen LogP contribution in [0.2, 0.25) is 5.02 Å². The third kappa shape index (κ3) is 4.55. The molecule has 3 rings (SSSR count). The summed E-state index contributed by atoms with van der Waals surface area (Å²) in [6.07, 6.45) is -3.83. The normalized spacial score (nSPS) is 17.4. The Morgan fingerprint density at radius 2 is 1.76 bits per heavy atom. The van der Waals surface area contributed by atoms with Crippen molar-refractivity contribution in [3.8, 4) is 5.75 Å². The number of piperidine rings is 1. The van der Waals surface area contributed by atoms with Crippen LogP contribution in [-0.2, 0) is 18.3 Å². The molecule has 29 heavy (non-hydrogen) atoms. The van der Waals surface area contributed by atoms with Crippen LogP contribution >= 0.6 is 11.6 Å². The van der Waals surface area contributed by atoms with Crippen LogP contribution in [0.4, 0.5) is 13.2 Å². The lowest BCUT2D eigenvalue weighted by Crippen LogP contribution is -2.42. The number of hydrogen-bond acceptors (Lipinski definition) is 3. The molecule has 2 aromatic rings. The van der Waals surface area contributed by atoms with E-state index in [9.17, 15) is 18.3 Å². The largest absolute Gasteiger partial charge is 0.496 e. The van der Waals surface area contributed by atoms with E-state index in [0.717, 1.165) is 29.5 Å². The van der Waals surface area contributed by atoms with Gasteiger partial charge in [0.1, 0.15) is 5.75 Å². The van der Waals surface area contributed by atoms with E-state index in [4.69, 9.17) is 16.3 Å². The van der Waals surface area contributed by atoms with Crippen molar-refractivity contribution in [2.75, 3.05) is 20.2 Å². The van der Waals surface area contributed by atoms with Crippen molar-refractivity contribution in [2.45, 2.75) is 45.0 Å². The van der Waals surface area contributed by atoms with E-state index >= 15 is 0 Å². The van der Waals surface area contributed by atoms with Crippen molar-refractivity contribution in [3.63, 3.8) is 0 Å². The van der Waals surface area contributed by atoms with Crippen LogP contribution in [0.1, 0.15) is 40.7 Å². The number of aliphatic hydroxyl groups is 1. The molecule has 1 heterocycles. The van der Waals surface area contributed by atoms with Gasteiger partial charge < -0.3 is 9.84 Å². The molecule has 0 spiro atoms. The molecule has 1 aliphatic heterocycles. The molecule has 2 aromatic carbocycles. The summed E-state index contributed by atoms with van der Waals surface area (Å²) in [5.41, 5.74) is 1.52. The van der Waals surface area contributed by atoms with Crippen LogP contribution in [0.15, 0.2) is 30.3 Å². The SMILES string of the molecule is COc1ccc(CN2CCC(O)(c3ccc(Cl)c(C(F)(F)F)c3)CC2)c(C)c1C. The van der Waals surface area contributed by atoms with Gasteiger partial charge in [-0.2, -0.15) is 13.2 Å². The van der Waals surface area contributed by atoms with Crippen LogP contribution in [0.5, 0.6) is 5.75 Å². The number of ether oxygens (including phenoxy) is 1. The van der Waals surface area contributed by atoms with Crippen molar-refractivity contribution < 1.29 is 23.0 Å². The van der Waals surface area contributed by atoms with E-state index in [1.807, 2.05) is 19.1 Å². The highest BCUT2D eigenvalue weighted by molar-refractivity contribution is 6.31. The Morgan fingerprint density at radius 3 is 2.34 bits per heavy atom. The molecule has 1 fully saturated rings. The molecular formula is C22H25ClF3NO2. The molecule has 7 heteroatoms. The van der Waals surface area contributed by atoms with Gasteiger partial charge in [-0.25, -0.2) is 0 Å². The number of nitrogens with zero attached hydrogens (tertiary/aromatic N) is 1. The fraction of sp³-hybridized carbons (Fsp3) is 0.455. The van der Waals surface area contributed by atoms with Crippen LogP contribution < -0.4 is 4.74 Å². The summed E-state index contributed by atoms with van der Waals surface area (Å²) >= 11 is 5.71. The summed E-state index contributed by atoms with van der Waals surface area (Å²) in [5.74, 6) is 0.850. The second-order valence-electron chi connectivity index (χ2n) is 7.68. The Hall–Kier alpha value is -1.76. The maximum absolute atomic E-state index is 13.2. The molecule has 1 N–H and O–H groups in total. The Morgan fingerprint density at radius 1 is 1.10 bits per heavy atom. The van der Waals surface area contributed by atoms with Gasteiger partial charge in [-0.15, -0.1) is 0 Å². The second kappa shape index (κ2) is 8.17. The third-order valence-electron chi connectivity index (χ3n) is 5.96. The van der Waals surface area contributed by atoms with Gasteiger partial charge in [-0.3, -0.25) is 4.90 Å². The molecule has 3 nitrogen and oxygen atoms in total. The van der Waals surface area contributed by atoms with Gasteiger partial charge in [0.2, 0.25) is 0 Å². The molecule has 1 aliphatic rings. The highest BCUT2D eigenvalue weighted by atomic mass is 35.5. The lowest BCUT2D eigenvalue weighted by Gasteiger charge is -2.39. The van der Waals surface area contributed by atoms with Gasteiger partial charge in [0.15, 0.2) is 0 Å². The fourth-order valence-electron chi connectivity index (χ4n) is 3.89. The van der Waals surface area contributed by atoms with E-state index in [-0.39, 0.29) is 10.6 Å². The summed E-state index contributed by atoms with van der Waals surface area (Å²) < 4.78 is 44.9. The highest BCUT2D eigenvalue weighted by Gasteiger charge is 2.38. The van der Waals surface area contributed by atoms with Gasteiger partial charge in [-0.05, 0) is 67.1 Å². The topological polar surface area (TPSA) is 32.7 Å². The third-order valence-corrected chi connectivity index (χ3v) is 6.29. The number of rotatable bonds is 4. The molecular weight excluding hydrogens is 403 g/mol. The molecule has 0 amide bonds. The average molecular weight is 428 g/mol. The Kier molecular flexibility index (Phi) is 6.18. The second-order valence-corrected chi connectivity index (χ2v) is 8.08. The Labute approximate surface area is 174 Å². The van der Waals surface area contributed by atoms with E-state index < -0.39 is 17.3 Å². The van der Waals surface area contributed by atoms with Crippen LogP contribution in [0, 0.1) is 13.8 Å². The van der Waals surface area contributed by atoms with Crippen molar-refractivity contribution in [2.24, 2.45) is 0 Å². The number of benzene rings is 2. The number of hydrogen-bond donors (Lipinski definition) is 1. The number of alkyl halides is 3. The number of halogens is 4. The number of methoxy groups -OCH3 is 1. The van der Waals surface area contributed by atoms with E-state index in [1.54, 1.807) is 7.11 Å². The van der Waals surface area contributed by atoms with Gasteiger partial charge in [0.05, 0.1) is 23.3 Å². The maximum Gasteiger partial charge on any atom is 0.417 e. The first-order chi connectivity index (χ1) is 13.5. The number of likely N-dealkylation sites (tertiary alicyclic amines) is 1. The monoisotopic (exact) mass is 427 g/mol. The fourth-order valence-corrected chi connectivity index (χ4v) is 4.11. The lowest BCUT2D eigenvalue weighted by molar-refractivity contribution is -0.137. The molecule has 0 aromatic heterocycles. The van der Waals surface area contributed by atoms with Gasteiger partial charge in [0, 0.05) is 19.6 Å². The predicted molar refractivity (Wildman–Crippen MR) is 107 cm³/mol. The van der Waals surface area contributed by atoms with Crippen molar-refractivity contribution >= 4 is 11.6 Å². The van der Waals surface area contributed by atoms with Gasteiger partial charge in [-0.1, -0.05) is 23.7 Å². The Balaban J connectivity index is 1.73. The van der Waals surface area contributed by atoms with Gasteiger partial charge in [0.25, 0.3) is 0 Å². The molecule has 0 radical (unpaired) electrons.